The quantitative estimate of drug-likeness (QED) is 0.443. The van der Waals surface area contributed by atoms with Gasteiger partial charge in [-0.05, 0) is 25.2 Å². The smallest absolute Gasteiger partial charge is 0.312 e. The Balaban J connectivity index is 2.10. The maximum absolute atomic E-state index is 12.3. The number of nitro groups is 1. The molecule has 21 heavy (non-hydrogen) atoms. The van der Waals surface area contributed by atoms with Gasteiger partial charge in [0.1, 0.15) is 0 Å². The summed E-state index contributed by atoms with van der Waals surface area (Å²) in [7, 11) is 2.59. The summed E-state index contributed by atoms with van der Waals surface area (Å²) in [6, 6.07) is 0. The molecule has 4 fully saturated rings. The minimum atomic E-state index is -1.19. The molecule has 0 aromatic carbocycles. The Kier molecular flexibility index (Phi) is 2.84. The van der Waals surface area contributed by atoms with Crippen molar-refractivity contribution in [1.82, 2.24) is 0 Å². The molecule has 4 aliphatic carbocycles. The average molecular weight is 297 g/mol. The first kappa shape index (κ1) is 14.3. The molecule has 0 spiro atoms. The molecule has 4 bridgehead atoms. The summed E-state index contributed by atoms with van der Waals surface area (Å²) in [5.74, 6) is -0.845. The zero-order chi connectivity index (χ0) is 15.5. The lowest BCUT2D eigenvalue weighted by Crippen LogP contribution is -2.66. The molecule has 0 heterocycles. The van der Waals surface area contributed by atoms with Crippen LogP contribution in [0.5, 0.6) is 0 Å². The zero-order valence-electron chi connectivity index (χ0n) is 12.2. The van der Waals surface area contributed by atoms with E-state index in [-0.39, 0.29) is 23.7 Å². The zero-order valence-corrected chi connectivity index (χ0v) is 12.2. The van der Waals surface area contributed by atoms with Crippen LogP contribution in [-0.4, -0.2) is 36.6 Å². The highest BCUT2D eigenvalue weighted by Gasteiger charge is 2.73. The molecule has 116 valence electrons. The van der Waals surface area contributed by atoms with E-state index in [1.165, 1.54) is 14.2 Å². The van der Waals surface area contributed by atoms with E-state index in [2.05, 4.69) is 0 Å². The van der Waals surface area contributed by atoms with E-state index in [0.717, 1.165) is 0 Å². The highest BCUT2D eigenvalue weighted by Crippen LogP contribution is 2.67. The summed E-state index contributed by atoms with van der Waals surface area (Å²) in [6.45, 7) is 0. The maximum atomic E-state index is 12.3. The van der Waals surface area contributed by atoms with Gasteiger partial charge in [-0.2, -0.15) is 0 Å². The number of hydrogen-bond acceptors (Lipinski definition) is 6. The lowest BCUT2D eigenvalue weighted by atomic mass is 9.42. The third kappa shape index (κ3) is 1.72. The number of carbonyl (C=O) groups excluding carboxylic acids is 2. The van der Waals surface area contributed by atoms with Gasteiger partial charge in [-0.15, -0.1) is 0 Å². The second-order valence-corrected chi connectivity index (χ2v) is 7.03. The number of ether oxygens (including phenoxy) is 2. The standard InChI is InChI=1S/C14H19NO6/c1-20-10(16)12-3-9-4-13(6-12,11(17)21-2)8-14(5-9,7-12)15(18)19/h9H,3-8H2,1-2H3. The van der Waals surface area contributed by atoms with Gasteiger partial charge in [-0.3, -0.25) is 19.7 Å². The predicted octanol–water partition coefficient (Wildman–Crippen LogP) is 1.32. The lowest BCUT2D eigenvalue weighted by Gasteiger charge is -2.60. The largest absolute Gasteiger partial charge is 0.469 e. The fourth-order valence-electron chi connectivity index (χ4n) is 5.48. The van der Waals surface area contributed by atoms with Crippen LogP contribution in [0.2, 0.25) is 0 Å². The maximum Gasteiger partial charge on any atom is 0.312 e. The first-order chi connectivity index (χ1) is 9.81. The summed E-state index contributed by atoms with van der Waals surface area (Å²) in [5.41, 5.74) is -3.01. The number of nitrogens with zero attached hydrogens (tertiary/aromatic N) is 1. The molecule has 0 aromatic rings. The molecule has 0 N–H and O–H groups in total. The molecule has 0 aromatic heterocycles. The van der Waals surface area contributed by atoms with E-state index in [1.54, 1.807) is 0 Å². The Bertz CT molecular complexity index is 498. The number of methoxy groups -OCH3 is 2. The normalized spacial score (nSPS) is 43.4. The molecule has 0 saturated heterocycles. The van der Waals surface area contributed by atoms with Crippen molar-refractivity contribution in [3.05, 3.63) is 10.1 Å². The highest BCUT2D eigenvalue weighted by molar-refractivity contribution is 5.83. The molecule has 7 nitrogen and oxygen atoms in total. The average Bonchev–Trinajstić information content (AvgIpc) is 2.43. The molecule has 0 aliphatic heterocycles. The van der Waals surface area contributed by atoms with Gasteiger partial charge >= 0.3 is 11.9 Å². The van der Waals surface area contributed by atoms with Crippen molar-refractivity contribution in [2.45, 2.75) is 44.1 Å². The van der Waals surface area contributed by atoms with Crippen molar-refractivity contribution >= 4 is 11.9 Å². The summed E-state index contributed by atoms with van der Waals surface area (Å²) in [4.78, 5) is 35.9. The van der Waals surface area contributed by atoms with Gasteiger partial charge in [-0.25, -0.2) is 0 Å². The Morgan fingerprint density at radius 1 is 1.00 bits per heavy atom. The van der Waals surface area contributed by atoms with E-state index in [9.17, 15) is 19.7 Å². The van der Waals surface area contributed by atoms with Gasteiger partial charge in [-0.1, -0.05) is 0 Å². The van der Waals surface area contributed by atoms with Gasteiger partial charge < -0.3 is 9.47 Å². The molecular formula is C14H19NO6. The van der Waals surface area contributed by atoms with E-state index in [1.807, 2.05) is 0 Å². The fraction of sp³-hybridized carbons (Fsp3) is 0.857. The van der Waals surface area contributed by atoms with Crippen LogP contribution in [0.4, 0.5) is 0 Å². The summed E-state index contributed by atoms with van der Waals surface area (Å²) in [6.07, 6.45) is 2.26. The summed E-state index contributed by atoms with van der Waals surface area (Å²) < 4.78 is 9.81. The van der Waals surface area contributed by atoms with Crippen LogP contribution >= 0.6 is 0 Å². The van der Waals surface area contributed by atoms with Crippen molar-refractivity contribution in [2.75, 3.05) is 14.2 Å². The number of rotatable bonds is 3. The fourth-order valence-corrected chi connectivity index (χ4v) is 5.48. The topological polar surface area (TPSA) is 95.7 Å². The molecule has 4 rings (SSSR count). The first-order valence-corrected chi connectivity index (χ1v) is 7.13. The van der Waals surface area contributed by atoms with Gasteiger partial charge in [0.25, 0.3) is 0 Å². The van der Waals surface area contributed by atoms with Crippen molar-refractivity contribution in [1.29, 1.82) is 0 Å². The third-order valence-corrected chi connectivity index (χ3v) is 5.66. The Morgan fingerprint density at radius 2 is 1.48 bits per heavy atom. The van der Waals surface area contributed by atoms with Gasteiger partial charge in [0, 0.05) is 24.2 Å². The highest BCUT2D eigenvalue weighted by atomic mass is 16.6. The van der Waals surface area contributed by atoms with Crippen LogP contribution in [0.25, 0.3) is 0 Å². The molecule has 2 atom stereocenters. The lowest BCUT2D eigenvalue weighted by molar-refractivity contribution is -0.593. The van der Waals surface area contributed by atoms with Gasteiger partial charge in [0.05, 0.1) is 25.0 Å². The SMILES string of the molecule is COC(=O)C12CC3CC(C(=O)OC)(C1)CC([N+](=O)[O-])(C3)C2. The summed E-state index contributed by atoms with van der Waals surface area (Å²) >= 11 is 0. The number of carbonyl (C=O) groups is 2. The van der Waals surface area contributed by atoms with E-state index in [0.29, 0.717) is 25.7 Å². The van der Waals surface area contributed by atoms with Gasteiger partial charge in [0.15, 0.2) is 0 Å². The van der Waals surface area contributed by atoms with E-state index < -0.39 is 28.3 Å². The molecule has 4 aliphatic rings. The number of esters is 2. The van der Waals surface area contributed by atoms with Crippen LogP contribution in [0.15, 0.2) is 0 Å². The molecule has 2 unspecified atom stereocenters. The second-order valence-electron chi connectivity index (χ2n) is 7.03. The van der Waals surface area contributed by atoms with Crippen molar-refractivity contribution in [3.8, 4) is 0 Å². The first-order valence-electron chi connectivity index (χ1n) is 7.13. The van der Waals surface area contributed by atoms with E-state index in [4.69, 9.17) is 9.47 Å². The Labute approximate surface area is 122 Å². The third-order valence-electron chi connectivity index (χ3n) is 5.66. The number of hydrogen-bond donors (Lipinski definition) is 0. The second kappa shape index (κ2) is 4.18. The predicted molar refractivity (Wildman–Crippen MR) is 69.8 cm³/mol. The summed E-state index contributed by atoms with van der Waals surface area (Å²) in [5, 5.41) is 11.7. The van der Waals surface area contributed by atoms with Crippen LogP contribution in [0, 0.1) is 26.9 Å². The molecular weight excluding hydrogens is 278 g/mol. The molecule has 0 radical (unpaired) electrons. The van der Waals surface area contributed by atoms with Gasteiger partial charge in [0.2, 0.25) is 5.54 Å². The molecule has 0 amide bonds. The van der Waals surface area contributed by atoms with Crippen LogP contribution in [-0.2, 0) is 19.1 Å². The van der Waals surface area contributed by atoms with E-state index >= 15 is 0 Å². The van der Waals surface area contributed by atoms with Crippen molar-refractivity contribution in [3.63, 3.8) is 0 Å². The molecule has 4 saturated carbocycles. The Morgan fingerprint density at radius 3 is 1.86 bits per heavy atom. The van der Waals surface area contributed by atoms with Crippen LogP contribution in [0.1, 0.15) is 38.5 Å². The molecule has 7 heteroatoms. The van der Waals surface area contributed by atoms with Crippen LogP contribution in [0.3, 0.4) is 0 Å². The monoisotopic (exact) mass is 297 g/mol. The van der Waals surface area contributed by atoms with Crippen molar-refractivity contribution in [2.24, 2.45) is 16.7 Å². The minimum Gasteiger partial charge on any atom is -0.469 e. The minimum absolute atomic E-state index is 0.00449. The van der Waals surface area contributed by atoms with Crippen molar-refractivity contribution < 1.29 is 24.0 Å². The Hall–Kier alpha value is -1.66. The van der Waals surface area contributed by atoms with Crippen LogP contribution < -0.4 is 0 Å².